The normalized spacial score (nSPS) is 20.9. The van der Waals surface area contributed by atoms with E-state index in [0.717, 1.165) is 57.6 Å². The lowest BCUT2D eigenvalue weighted by Gasteiger charge is -2.38. The fourth-order valence-corrected chi connectivity index (χ4v) is 4.12. The summed E-state index contributed by atoms with van der Waals surface area (Å²) >= 11 is 0. The van der Waals surface area contributed by atoms with Crippen molar-refractivity contribution in [2.45, 2.75) is 25.3 Å². The van der Waals surface area contributed by atoms with Crippen LogP contribution >= 0.6 is 0 Å². The summed E-state index contributed by atoms with van der Waals surface area (Å²) in [5.74, 6) is 1.84. The molecular weight excluding hydrogens is 350 g/mol. The van der Waals surface area contributed by atoms with E-state index < -0.39 is 0 Å². The van der Waals surface area contributed by atoms with Gasteiger partial charge in [0.05, 0.1) is 13.2 Å². The SMILES string of the molecule is CN(c1nccc(N2CCOCC2)n1)C1CCCN(CCc2ccccc2)C1. The molecule has 0 saturated carbocycles. The molecule has 2 aromatic rings. The first-order valence-corrected chi connectivity index (χ1v) is 10.4. The van der Waals surface area contributed by atoms with E-state index >= 15 is 0 Å². The van der Waals surface area contributed by atoms with Crippen LogP contribution in [0, 0.1) is 0 Å². The summed E-state index contributed by atoms with van der Waals surface area (Å²) in [4.78, 5) is 16.6. The lowest BCUT2D eigenvalue weighted by atomic mass is 10.0. The highest BCUT2D eigenvalue weighted by atomic mass is 16.5. The van der Waals surface area contributed by atoms with Crippen LogP contribution in [0.3, 0.4) is 0 Å². The summed E-state index contributed by atoms with van der Waals surface area (Å²) in [7, 11) is 2.14. The van der Waals surface area contributed by atoms with Crippen LogP contribution in [0.15, 0.2) is 42.6 Å². The third kappa shape index (κ3) is 4.80. The summed E-state index contributed by atoms with van der Waals surface area (Å²) in [5.41, 5.74) is 1.42. The van der Waals surface area contributed by atoms with Gasteiger partial charge >= 0.3 is 0 Å². The second-order valence-electron chi connectivity index (χ2n) is 7.76. The van der Waals surface area contributed by atoms with Crippen LogP contribution in [-0.4, -0.2) is 73.9 Å². The Morgan fingerprint density at radius 2 is 1.93 bits per heavy atom. The Kier molecular flexibility index (Phi) is 6.39. The third-order valence-corrected chi connectivity index (χ3v) is 5.87. The molecule has 0 spiro atoms. The number of hydrogen-bond donors (Lipinski definition) is 0. The molecule has 6 heteroatoms. The van der Waals surface area contributed by atoms with Gasteiger partial charge in [-0.15, -0.1) is 0 Å². The van der Waals surface area contributed by atoms with Crippen molar-refractivity contribution in [3.05, 3.63) is 48.2 Å². The van der Waals surface area contributed by atoms with Gasteiger partial charge in [0, 0.05) is 45.5 Å². The van der Waals surface area contributed by atoms with Crippen LogP contribution in [0.2, 0.25) is 0 Å². The number of aromatic nitrogens is 2. The average Bonchev–Trinajstić information content (AvgIpc) is 2.79. The van der Waals surface area contributed by atoms with Gasteiger partial charge in [0.15, 0.2) is 0 Å². The van der Waals surface area contributed by atoms with Crippen LogP contribution in [-0.2, 0) is 11.2 Å². The van der Waals surface area contributed by atoms with Gasteiger partial charge in [0.1, 0.15) is 5.82 Å². The smallest absolute Gasteiger partial charge is 0.227 e. The van der Waals surface area contributed by atoms with Gasteiger partial charge in [-0.25, -0.2) is 4.98 Å². The third-order valence-electron chi connectivity index (χ3n) is 5.87. The van der Waals surface area contributed by atoms with Crippen molar-refractivity contribution in [3.63, 3.8) is 0 Å². The second kappa shape index (κ2) is 9.34. The van der Waals surface area contributed by atoms with Gasteiger partial charge in [-0.1, -0.05) is 30.3 Å². The van der Waals surface area contributed by atoms with E-state index in [1.807, 2.05) is 12.3 Å². The summed E-state index contributed by atoms with van der Waals surface area (Å²) in [6.07, 6.45) is 5.43. The molecule has 4 rings (SSSR count). The summed E-state index contributed by atoms with van der Waals surface area (Å²) in [6, 6.07) is 13.2. The van der Waals surface area contributed by atoms with Crippen molar-refractivity contribution < 1.29 is 4.74 Å². The zero-order valence-electron chi connectivity index (χ0n) is 16.8. The monoisotopic (exact) mass is 381 g/mol. The number of anilines is 2. The standard InChI is InChI=1S/C22H31N5O/c1-25(22-23-11-9-21(24-22)27-14-16-28-17-15-27)20-8-5-12-26(18-20)13-10-19-6-3-2-4-7-19/h2-4,6-7,9,11,20H,5,8,10,12-18H2,1H3. The molecule has 2 aliphatic rings. The number of likely N-dealkylation sites (tertiary alicyclic amines) is 1. The van der Waals surface area contributed by atoms with Crippen molar-refractivity contribution in [2.75, 3.05) is 62.8 Å². The fraction of sp³-hybridized carbons (Fsp3) is 0.545. The quantitative estimate of drug-likeness (QED) is 0.766. The van der Waals surface area contributed by atoms with E-state index in [-0.39, 0.29) is 0 Å². The largest absolute Gasteiger partial charge is 0.378 e. The Morgan fingerprint density at radius 1 is 1.11 bits per heavy atom. The molecule has 150 valence electrons. The topological polar surface area (TPSA) is 44.7 Å². The Hall–Kier alpha value is -2.18. The van der Waals surface area contributed by atoms with E-state index in [2.05, 4.69) is 57.1 Å². The predicted molar refractivity (Wildman–Crippen MR) is 113 cm³/mol. The van der Waals surface area contributed by atoms with Crippen LogP contribution < -0.4 is 9.80 Å². The predicted octanol–water partition coefficient (Wildman–Crippen LogP) is 2.46. The number of morpholine rings is 1. The van der Waals surface area contributed by atoms with Crippen molar-refractivity contribution >= 4 is 11.8 Å². The van der Waals surface area contributed by atoms with Gasteiger partial charge in [-0.3, -0.25) is 0 Å². The highest BCUT2D eigenvalue weighted by molar-refractivity contribution is 5.44. The number of hydrogen-bond acceptors (Lipinski definition) is 6. The minimum absolute atomic E-state index is 0.462. The van der Waals surface area contributed by atoms with E-state index in [1.54, 1.807) is 0 Å². The average molecular weight is 382 g/mol. The Morgan fingerprint density at radius 3 is 2.75 bits per heavy atom. The van der Waals surface area contributed by atoms with E-state index in [4.69, 9.17) is 9.72 Å². The first-order valence-electron chi connectivity index (χ1n) is 10.4. The molecule has 1 unspecified atom stereocenters. The molecule has 0 radical (unpaired) electrons. The van der Waals surface area contributed by atoms with Gasteiger partial charge in [-0.05, 0) is 37.4 Å². The second-order valence-corrected chi connectivity index (χ2v) is 7.76. The van der Waals surface area contributed by atoms with E-state index in [0.29, 0.717) is 6.04 Å². The van der Waals surface area contributed by atoms with Gasteiger partial charge in [0.2, 0.25) is 5.95 Å². The molecule has 6 nitrogen and oxygen atoms in total. The molecule has 2 saturated heterocycles. The van der Waals surface area contributed by atoms with E-state index in [9.17, 15) is 0 Å². The lowest BCUT2D eigenvalue weighted by Crippen LogP contribution is -2.47. The van der Waals surface area contributed by atoms with Crippen LogP contribution in [0.1, 0.15) is 18.4 Å². The van der Waals surface area contributed by atoms with Gasteiger partial charge in [-0.2, -0.15) is 4.98 Å². The molecule has 1 aromatic heterocycles. The maximum atomic E-state index is 5.46. The number of nitrogens with zero attached hydrogens (tertiary/aromatic N) is 5. The molecule has 2 fully saturated rings. The molecule has 0 amide bonds. The van der Waals surface area contributed by atoms with Crippen LogP contribution in [0.5, 0.6) is 0 Å². The summed E-state index contributed by atoms with van der Waals surface area (Å²) in [6.45, 7) is 6.72. The zero-order valence-corrected chi connectivity index (χ0v) is 16.8. The van der Waals surface area contributed by atoms with Crippen LogP contribution in [0.4, 0.5) is 11.8 Å². The summed E-state index contributed by atoms with van der Waals surface area (Å²) < 4.78 is 5.46. The highest BCUT2D eigenvalue weighted by Gasteiger charge is 2.25. The van der Waals surface area contributed by atoms with Crippen molar-refractivity contribution in [1.29, 1.82) is 0 Å². The molecule has 28 heavy (non-hydrogen) atoms. The molecule has 0 N–H and O–H groups in total. The minimum atomic E-state index is 0.462. The van der Waals surface area contributed by atoms with Crippen molar-refractivity contribution in [1.82, 2.24) is 14.9 Å². The molecule has 3 heterocycles. The first-order chi connectivity index (χ1) is 13.8. The molecule has 0 aliphatic carbocycles. The highest BCUT2D eigenvalue weighted by Crippen LogP contribution is 2.21. The summed E-state index contributed by atoms with van der Waals surface area (Å²) in [5, 5.41) is 0. The van der Waals surface area contributed by atoms with Crippen molar-refractivity contribution in [2.24, 2.45) is 0 Å². The zero-order chi connectivity index (χ0) is 19.2. The Labute approximate surface area is 168 Å². The number of benzene rings is 1. The van der Waals surface area contributed by atoms with Gasteiger partial charge < -0.3 is 19.4 Å². The molecule has 2 aliphatic heterocycles. The molecule has 1 aromatic carbocycles. The lowest BCUT2D eigenvalue weighted by molar-refractivity contribution is 0.122. The number of piperidine rings is 1. The molecule has 1 atom stereocenters. The van der Waals surface area contributed by atoms with Crippen LogP contribution in [0.25, 0.3) is 0 Å². The number of likely N-dealkylation sites (N-methyl/N-ethyl adjacent to an activating group) is 1. The Bertz CT molecular complexity index is 735. The number of ether oxygens (including phenoxy) is 1. The maximum absolute atomic E-state index is 5.46. The van der Waals surface area contributed by atoms with E-state index in [1.165, 1.54) is 24.9 Å². The fourth-order valence-electron chi connectivity index (χ4n) is 4.12. The molecule has 0 bridgehead atoms. The van der Waals surface area contributed by atoms with Gasteiger partial charge in [0.25, 0.3) is 0 Å². The Balaban J connectivity index is 1.36. The first kappa shape index (κ1) is 19.2. The minimum Gasteiger partial charge on any atom is -0.378 e. The molecular formula is C22H31N5O. The van der Waals surface area contributed by atoms with Crippen molar-refractivity contribution in [3.8, 4) is 0 Å². The maximum Gasteiger partial charge on any atom is 0.227 e. The number of rotatable bonds is 6.